The summed E-state index contributed by atoms with van der Waals surface area (Å²) >= 11 is 0. The van der Waals surface area contributed by atoms with E-state index in [4.69, 9.17) is 9.47 Å². The highest BCUT2D eigenvalue weighted by Crippen LogP contribution is 2.61. The number of nitrogens with one attached hydrogen (secondary N) is 1. The van der Waals surface area contributed by atoms with Gasteiger partial charge < -0.3 is 14.8 Å². The van der Waals surface area contributed by atoms with Crippen LogP contribution in [0.5, 0.6) is 17.2 Å². The third-order valence-corrected chi connectivity index (χ3v) is 5.45. The molecule has 0 radical (unpaired) electrons. The van der Waals surface area contributed by atoms with Crippen molar-refractivity contribution >= 4 is 0 Å². The van der Waals surface area contributed by atoms with Crippen molar-refractivity contribution in [2.45, 2.75) is 31.2 Å². The summed E-state index contributed by atoms with van der Waals surface area (Å²) in [7, 11) is 0. The van der Waals surface area contributed by atoms with E-state index in [9.17, 15) is 8.78 Å². The van der Waals surface area contributed by atoms with E-state index in [2.05, 4.69) is 5.32 Å². The number of rotatable bonds is 9. The molecule has 0 aliphatic heterocycles. The first-order chi connectivity index (χ1) is 14.5. The molecular weight excluding hydrogens is 384 g/mol. The van der Waals surface area contributed by atoms with Gasteiger partial charge in [-0.05, 0) is 54.4 Å². The van der Waals surface area contributed by atoms with Crippen LogP contribution in [0.1, 0.15) is 24.5 Å². The van der Waals surface area contributed by atoms with E-state index in [0.29, 0.717) is 24.5 Å². The van der Waals surface area contributed by atoms with Crippen LogP contribution in [0.4, 0.5) is 8.78 Å². The smallest absolute Gasteiger partial charge is 0.260 e. The molecule has 1 saturated carbocycles. The lowest BCUT2D eigenvalue weighted by molar-refractivity contribution is 0.0872. The largest absolute Gasteiger partial charge is 0.494 e. The summed E-state index contributed by atoms with van der Waals surface area (Å²) < 4.78 is 39.9. The number of hydrogen-bond acceptors (Lipinski definition) is 3. The van der Waals surface area contributed by atoms with Gasteiger partial charge in [-0.3, -0.25) is 0 Å². The summed E-state index contributed by atoms with van der Waals surface area (Å²) in [5.41, 5.74) is 0.467. The second kappa shape index (κ2) is 8.44. The second-order valence-corrected chi connectivity index (χ2v) is 7.59. The Morgan fingerprint density at radius 2 is 1.57 bits per heavy atom. The molecule has 1 fully saturated rings. The normalized spacial score (nSPS) is 19.3. The second-order valence-electron chi connectivity index (χ2n) is 7.59. The zero-order valence-electron chi connectivity index (χ0n) is 16.9. The van der Waals surface area contributed by atoms with Gasteiger partial charge in [0.1, 0.15) is 17.2 Å². The van der Waals surface area contributed by atoms with Gasteiger partial charge >= 0.3 is 0 Å². The number of hydrogen-bond donors (Lipinski definition) is 1. The van der Waals surface area contributed by atoms with Gasteiger partial charge in [-0.2, -0.15) is 0 Å². The summed E-state index contributed by atoms with van der Waals surface area (Å²) in [6.45, 7) is 3.14. The summed E-state index contributed by atoms with van der Waals surface area (Å²) in [5.74, 6) is -0.525. The van der Waals surface area contributed by atoms with Gasteiger partial charge in [0.15, 0.2) is 0 Å². The van der Waals surface area contributed by atoms with Crippen LogP contribution in [0.3, 0.4) is 0 Å². The standard InChI is InChI=1S/C25H25F2NO2/c1-2-29-21-13-11-20(12-14-21)24(17-25(24,26)27)18-28-16-19-7-6-10-23(15-19)30-22-8-4-3-5-9-22/h3-15,28H,2,16-18H2,1H3. The first-order valence-electron chi connectivity index (χ1n) is 10.2. The molecule has 0 amide bonds. The van der Waals surface area contributed by atoms with Crippen LogP contribution >= 0.6 is 0 Å². The molecule has 5 heteroatoms. The highest BCUT2D eigenvalue weighted by atomic mass is 19.3. The minimum absolute atomic E-state index is 0.141. The molecule has 30 heavy (non-hydrogen) atoms. The predicted octanol–water partition coefficient (Wildman–Crippen LogP) is 5.94. The molecule has 1 aliphatic rings. The molecule has 0 aromatic heterocycles. The topological polar surface area (TPSA) is 30.5 Å². The Labute approximate surface area is 175 Å². The van der Waals surface area contributed by atoms with Gasteiger partial charge in [-0.15, -0.1) is 0 Å². The monoisotopic (exact) mass is 409 g/mol. The van der Waals surface area contributed by atoms with Crippen LogP contribution in [0.15, 0.2) is 78.9 Å². The van der Waals surface area contributed by atoms with Crippen molar-refractivity contribution in [3.63, 3.8) is 0 Å². The third-order valence-electron chi connectivity index (χ3n) is 5.45. The fourth-order valence-corrected chi connectivity index (χ4v) is 3.74. The Balaban J connectivity index is 1.39. The first kappa shape index (κ1) is 20.4. The van der Waals surface area contributed by atoms with Crippen molar-refractivity contribution in [1.82, 2.24) is 5.32 Å². The maximum Gasteiger partial charge on any atom is 0.260 e. The third kappa shape index (κ3) is 4.31. The van der Waals surface area contributed by atoms with Crippen LogP contribution in [0.2, 0.25) is 0 Å². The summed E-state index contributed by atoms with van der Waals surface area (Å²) in [6.07, 6.45) is -0.141. The van der Waals surface area contributed by atoms with E-state index in [1.165, 1.54) is 0 Å². The first-order valence-corrected chi connectivity index (χ1v) is 10.2. The lowest BCUT2D eigenvalue weighted by Crippen LogP contribution is -2.31. The molecule has 0 bridgehead atoms. The van der Waals surface area contributed by atoms with Gasteiger partial charge in [0.05, 0.1) is 12.0 Å². The van der Waals surface area contributed by atoms with Crippen LogP contribution < -0.4 is 14.8 Å². The average molecular weight is 409 g/mol. The zero-order valence-corrected chi connectivity index (χ0v) is 16.9. The zero-order chi connectivity index (χ0) is 21.0. The Morgan fingerprint density at radius 1 is 0.867 bits per heavy atom. The molecule has 0 spiro atoms. The number of para-hydroxylation sites is 1. The van der Waals surface area contributed by atoms with Gasteiger partial charge in [-0.25, -0.2) is 8.78 Å². The molecule has 1 unspecified atom stereocenters. The summed E-state index contributed by atoms with van der Waals surface area (Å²) in [4.78, 5) is 0. The van der Waals surface area contributed by atoms with Gasteiger partial charge in [0.2, 0.25) is 0 Å². The molecule has 3 aromatic rings. The van der Waals surface area contributed by atoms with Crippen molar-refractivity contribution in [3.05, 3.63) is 90.0 Å². The number of alkyl halides is 2. The molecule has 3 nitrogen and oxygen atoms in total. The van der Waals surface area contributed by atoms with Crippen molar-refractivity contribution in [2.75, 3.05) is 13.2 Å². The average Bonchev–Trinajstić information content (AvgIpc) is 3.31. The minimum atomic E-state index is -2.70. The van der Waals surface area contributed by atoms with Crippen molar-refractivity contribution < 1.29 is 18.3 Å². The maximum absolute atomic E-state index is 14.3. The minimum Gasteiger partial charge on any atom is -0.494 e. The molecule has 1 N–H and O–H groups in total. The highest BCUT2D eigenvalue weighted by Gasteiger charge is 2.71. The molecule has 156 valence electrons. The lowest BCUT2D eigenvalue weighted by atomic mass is 9.95. The van der Waals surface area contributed by atoms with Crippen LogP contribution in [0, 0.1) is 0 Å². The SMILES string of the molecule is CCOc1ccc(C2(CNCc3cccc(Oc4ccccc4)c3)CC2(F)F)cc1. The van der Waals surface area contributed by atoms with E-state index in [1.54, 1.807) is 24.3 Å². The summed E-state index contributed by atoms with van der Waals surface area (Å²) in [6, 6.07) is 24.2. The van der Waals surface area contributed by atoms with Gasteiger partial charge in [0, 0.05) is 19.5 Å². The fraction of sp³-hybridized carbons (Fsp3) is 0.280. The fourth-order valence-electron chi connectivity index (χ4n) is 3.74. The maximum atomic E-state index is 14.3. The Morgan fingerprint density at radius 3 is 2.23 bits per heavy atom. The number of ether oxygens (including phenoxy) is 2. The van der Waals surface area contributed by atoms with E-state index in [-0.39, 0.29) is 13.0 Å². The van der Waals surface area contributed by atoms with Crippen LogP contribution in [-0.4, -0.2) is 19.1 Å². The molecule has 0 heterocycles. The van der Waals surface area contributed by atoms with E-state index in [1.807, 2.05) is 61.5 Å². The molecule has 0 saturated heterocycles. The highest BCUT2D eigenvalue weighted by molar-refractivity contribution is 5.41. The molecule has 4 rings (SSSR count). The Kier molecular flexibility index (Phi) is 5.73. The quantitative estimate of drug-likeness (QED) is 0.474. The van der Waals surface area contributed by atoms with E-state index >= 15 is 0 Å². The van der Waals surface area contributed by atoms with E-state index < -0.39 is 11.3 Å². The molecule has 1 aliphatic carbocycles. The summed E-state index contributed by atoms with van der Waals surface area (Å²) in [5, 5.41) is 3.22. The Hall–Kier alpha value is -2.92. The molecule has 1 atom stereocenters. The molecule has 3 aromatic carbocycles. The van der Waals surface area contributed by atoms with Crippen molar-refractivity contribution in [1.29, 1.82) is 0 Å². The van der Waals surface area contributed by atoms with Crippen LogP contribution in [0.25, 0.3) is 0 Å². The van der Waals surface area contributed by atoms with Crippen molar-refractivity contribution in [2.24, 2.45) is 0 Å². The number of benzene rings is 3. The lowest BCUT2D eigenvalue weighted by Gasteiger charge is -2.18. The number of halogens is 2. The van der Waals surface area contributed by atoms with Gasteiger partial charge in [-0.1, -0.05) is 42.5 Å². The van der Waals surface area contributed by atoms with Crippen LogP contribution in [-0.2, 0) is 12.0 Å². The van der Waals surface area contributed by atoms with Crippen molar-refractivity contribution in [3.8, 4) is 17.2 Å². The Bertz CT molecular complexity index is 976. The van der Waals surface area contributed by atoms with Gasteiger partial charge in [0.25, 0.3) is 5.92 Å². The molecular formula is C25H25F2NO2. The predicted molar refractivity (Wildman–Crippen MR) is 114 cm³/mol. The van der Waals surface area contributed by atoms with E-state index in [0.717, 1.165) is 17.1 Å².